The van der Waals surface area contributed by atoms with Crippen molar-refractivity contribution in [2.45, 2.75) is 52.6 Å². The van der Waals surface area contributed by atoms with Crippen LogP contribution in [0.2, 0.25) is 0 Å². The average Bonchev–Trinajstić information content (AvgIpc) is 3.51. The molecule has 0 radical (unpaired) electrons. The highest BCUT2D eigenvalue weighted by molar-refractivity contribution is 7.22. The molecule has 3 atom stereocenters. The first kappa shape index (κ1) is 27.3. The molecule has 2 aromatic rings. The van der Waals surface area contributed by atoms with Gasteiger partial charge in [-0.25, -0.2) is 9.98 Å². The maximum atomic E-state index is 11.9. The molecule has 0 aliphatic carbocycles. The van der Waals surface area contributed by atoms with Gasteiger partial charge in [0, 0.05) is 50.4 Å². The van der Waals surface area contributed by atoms with Gasteiger partial charge in [0.1, 0.15) is 11.6 Å². The number of nitrogens with zero attached hydrogens (tertiary/aromatic N) is 3. The minimum Gasteiger partial charge on any atom is -0.497 e. The maximum absolute atomic E-state index is 11.9. The summed E-state index contributed by atoms with van der Waals surface area (Å²) >= 11 is 1.57. The summed E-state index contributed by atoms with van der Waals surface area (Å²) in [5.74, 6) is 2.07. The van der Waals surface area contributed by atoms with Crippen molar-refractivity contribution in [1.29, 1.82) is 0 Å². The Bertz CT molecular complexity index is 1180. The lowest BCUT2D eigenvalue weighted by Crippen LogP contribution is -2.43. The number of benzene rings is 1. The van der Waals surface area contributed by atoms with Crippen LogP contribution in [0.25, 0.3) is 10.2 Å². The molecule has 0 spiro atoms. The number of aliphatic imine (C=N–C) groups is 1. The van der Waals surface area contributed by atoms with Gasteiger partial charge in [-0.3, -0.25) is 4.79 Å². The number of nitrogens with one attached hydrogen (secondary N) is 3. The molecule has 3 N–H and O–H groups in total. The van der Waals surface area contributed by atoms with Crippen molar-refractivity contribution in [3.05, 3.63) is 42.6 Å². The molecular weight excluding hydrogens is 484 g/mol. The van der Waals surface area contributed by atoms with Crippen LogP contribution in [0, 0.1) is 11.3 Å². The second-order valence-electron chi connectivity index (χ2n) is 11.0. The van der Waals surface area contributed by atoms with E-state index >= 15 is 0 Å². The molecule has 3 unspecified atom stereocenters. The zero-order valence-electron chi connectivity index (χ0n) is 22.6. The van der Waals surface area contributed by atoms with Gasteiger partial charge in [0.15, 0.2) is 0 Å². The van der Waals surface area contributed by atoms with Crippen molar-refractivity contribution >= 4 is 38.4 Å². The molecular formula is C28H40N6O2S. The Morgan fingerprint density at radius 3 is 2.97 bits per heavy atom. The Hall–Kier alpha value is -2.75. The van der Waals surface area contributed by atoms with Crippen molar-refractivity contribution in [3.8, 4) is 5.75 Å². The number of thiazole rings is 1. The lowest BCUT2D eigenvalue weighted by Gasteiger charge is -2.31. The van der Waals surface area contributed by atoms with E-state index < -0.39 is 0 Å². The number of hydrogen-bond acceptors (Lipinski definition) is 7. The Morgan fingerprint density at radius 2 is 2.24 bits per heavy atom. The molecule has 200 valence electrons. The standard InChI is InChI=1S/C28H40N6O2S/c1-7-26(35)34-11-10-20(17-34)30-16-21-12-19(15-29-18(2)28(3,4)5)13-25(31-21)33-27-32-23-9-8-22(36-6)14-24(23)37-27/h7-9,12,14,18-20,29-30H,1,10-11,13,15-17H2,2-6H3,(H,31,32,33). The number of carbonyl (C=O) groups is 1. The first-order valence-electron chi connectivity index (χ1n) is 13.0. The van der Waals surface area contributed by atoms with Gasteiger partial charge < -0.3 is 25.6 Å². The SMILES string of the molecule is C=CC(=O)N1CCC(NCC2=CC(CNC(C)C(C)(C)C)CC(=Nc3nc4ccc(OC)cc4s3)N2)C1. The number of carbonyl (C=O) groups excluding carboxylic acids is 1. The molecule has 8 nitrogen and oxygen atoms in total. The predicted molar refractivity (Wildman–Crippen MR) is 153 cm³/mol. The lowest BCUT2D eigenvalue weighted by molar-refractivity contribution is -0.125. The van der Waals surface area contributed by atoms with Crippen molar-refractivity contribution in [2.24, 2.45) is 16.3 Å². The normalized spacial score (nSPS) is 22.1. The summed E-state index contributed by atoms with van der Waals surface area (Å²) < 4.78 is 6.42. The van der Waals surface area contributed by atoms with Crippen LogP contribution in [0.1, 0.15) is 40.5 Å². The van der Waals surface area contributed by atoms with Crippen LogP contribution in [0.4, 0.5) is 5.13 Å². The van der Waals surface area contributed by atoms with Crippen molar-refractivity contribution in [3.63, 3.8) is 0 Å². The van der Waals surface area contributed by atoms with Crippen LogP contribution in [-0.4, -0.2) is 67.0 Å². The molecule has 9 heteroatoms. The highest BCUT2D eigenvalue weighted by Gasteiger charge is 2.26. The number of hydrogen-bond donors (Lipinski definition) is 3. The van der Waals surface area contributed by atoms with E-state index in [1.54, 1.807) is 18.4 Å². The lowest BCUT2D eigenvalue weighted by atomic mass is 9.87. The monoisotopic (exact) mass is 524 g/mol. The number of amides is 1. The van der Waals surface area contributed by atoms with E-state index in [0.29, 0.717) is 25.0 Å². The Balaban J connectivity index is 1.47. The third kappa shape index (κ3) is 7.18. The highest BCUT2D eigenvalue weighted by atomic mass is 32.1. The number of amidine groups is 1. The topological polar surface area (TPSA) is 90.9 Å². The van der Waals surface area contributed by atoms with Gasteiger partial charge in [-0.15, -0.1) is 0 Å². The van der Waals surface area contributed by atoms with Crippen LogP contribution >= 0.6 is 11.3 Å². The Kier molecular flexibility index (Phi) is 8.67. The third-order valence-corrected chi connectivity index (χ3v) is 8.17. The molecule has 0 saturated carbocycles. The summed E-state index contributed by atoms with van der Waals surface area (Å²) in [7, 11) is 1.67. The molecule has 1 fully saturated rings. The van der Waals surface area contributed by atoms with Crippen molar-refractivity contribution in [2.75, 3.05) is 33.3 Å². The number of likely N-dealkylation sites (tertiary alicyclic amines) is 1. The van der Waals surface area contributed by atoms with Crippen LogP contribution in [0.3, 0.4) is 0 Å². The van der Waals surface area contributed by atoms with Gasteiger partial charge in [0.2, 0.25) is 11.0 Å². The quantitative estimate of drug-likeness (QED) is 0.426. The van der Waals surface area contributed by atoms with Crippen LogP contribution in [0.5, 0.6) is 5.75 Å². The van der Waals surface area contributed by atoms with Gasteiger partial charge in [-0.1, -0.05) is 44.8 Å². The van der Waals surface area contributed by atoms with E-state index in [1.807, 2.05) is 23.1 Å². The Morgan fingerprint density at radius 1 is 1.43 bits per heavy atom. The van der Waals surface area contributed by atoms with E-state index in [2.05, 4.69) is 56.3 Å². The molecule has 4 rings (SSSR count). The molecule has 1 aromatic heterocycles. The van der Waals surface area contributed by atoms with E-state index in [-0.39, 0.29) is 17.4 Å². The molecule has 3 heterocycles. The highest BCUT2D eigenvalue weighted by Crippen LogP contribution is 2.31. The zero-order chi connectivity index (χ0) is 26.6. The van der Waals surface area contributed by atoms with E-state index in [1.165, 1.54) is 6.08 Å². The molecule has 1 amide bonds. The average molecular weight is 525 g/mol. The van der Waals surface area contributed by atoms with E-state index in [9.17, 15) is 4.79 Å². The summed E-state index contributed by atoms with van der Waals surface area (Å²) in [6.45, 7) is 15.7. The number of aromatic nitrogens is 1. The van der Waals surface area contributed by atoms with Crippen molar-refractivity contribution in [1.82, 2.24) is 25.8 Å². The van der Waals surface area contributed by atoms with Crippen LogP contribution in [0.15, 0.2) is 47.6 Å². The fourth-order valence-corrected chi connectivity index (χ4v) is 5.40. The molecule has 2 aliphatic heterocycles. The van der Waals surface area contributed by atoms with E-state index in [0.717, 1.165) is 58.6 Å². The van der Waals surface area contributed by atoms with Crippen molar-refractivity contribution < 1.29 is 9.53 Å². The molecule has 37 heavy (non-hydrogen) atoms. The van der Waals surface area contributed by atoms with Gasteiger partial charge in [-0.2, -0.15) is 0 Å². The number of fused-ring (bicyclic) bond motifs is 1. The largest absolute Gasteiger partial charge is 0.497 e. The third-order valence-electron chi connectivity index (χ3n) is 7.25. The summed E-state index contributed by atoms with van der Waals surface area (Å²) in [6.07, 6.45) is 5.47. The number of ether oxygens (including phenoxy) is 1. The zero-order valence-corrected chi connectivity index (χ0v) is 23.5. The van der Waals surface area contributed by atoms with Gasteiger partial charge in [-0.05, 0) is 49.0 Å². The fourth-order valence-electron chi connectivity index (χ4n) is 4.51. The van der Waals surface area contributed by atoms with E-state index in [4.69, 9.17) is 14.7 Å². The smallest absolute Gasteiger partial charge is 0.246 e. The summed E-state index contributed by atoms with van der Waals surface area (Å²) in [4.78, 5) is 23.4. The number of methoxy groups -OCH3 is 1. The molecule has 1 saturated heterocycles. The summed E-state index contributed by atoms with van der Waals surface area (Å²) in [5, 5.41) is 11.6. The maximum Gasteiger partial charge on any atom is 0.246 e. The second kappa shape index (κ2) is 11.8. The molecule has 2 aliphatic rings. The minimum atomic E-state index is 0.00119. The van der Waals surface area contributed by atoms with Gasteiger partial charge in [0.05, 0.1) is 17.3 Å². The Labute approximate surface area is 224 Å². The minimum absolute atomic E-state index is 0.00119. The fraction of sp³-hybridized carbons (Fsp3) is 0.536. The first-order chi connectivity index (χ1) is 17.6. The molecule has 0 bridgehead atoms. The second-order valence-corrected chi connectivity index (χ2v) is 12.0. The number of rotatable bonds is 9. The van der Waals surface area contributed by atoms with Crippen LogP contribution < -0.4 is 20.7 Å². The summed E-state index contributed by atoms with van der Waals surface area (Å²) in [5.41, 5.74) is 2.23. The predicted octanol–water partition coefficient (Wildman–Crippen LogP) is 4.23. The first-order valence-corrected chi connectivity index (χ1v) is 13.8. The summed E-state index contributed by atoms with van der Waals surface area (Å²) in [6, 6.07) is 6.56. The van der Waals surface area contributed by atoms with Gasteiger partial charge >= 0.3 is 0 Å². The van der Waals surface area contributed by atoms with Gasteiger partial charge in [0.25, 0.3) is 0 Å². The van der Waals surface area contributed by atoms with Crippen LogP contribution in [-0.2, 0) is 4.79 Å². The molecule has 1 aromatic carbocycles.